The van der Waals surface area contributed by atoms with Gasteiger partial charge in [-0.3, -0.25) is 4.90 Å². The normalized spacial score (nSPS) is 23.9. The Kier molecular flexibility index (Phi) is 3.80. The molecule has 2 heterocycles. The third kappa shape index (κ3) is 2.35. The number of rotatable bonds is 3. The van der Waals surface area contributed by atoms with Gasteiger partial charge in [-0.1, -0.05) is 12.1 Å². The SMILES string of the molecule is CCN(C)C1c2ccc(O)cc2ON1N1CCOCC1. The Bertz CT molecular complexity index is 477. The Morgan fingerprint density at radius 3 is 2.80 bits per heavy atom. The highest BCUT2D eigenvalue weighted by molar-refractivity contribution is 5.43. The van der Waals surface area contributed by atoms with Gasteiger partial charge in [-0.05, 0) is 25.7 Å². The molecular weight excluding hydrogens is 258 g/mol. The van der Waals surface area contributed by atoms with Crippen molar-refractivity contribution in [3.63, 3.8) is 0 Å². The number of aromatic hydroxyl groups is 1. The van der Waals surface area contributed by atoms with E-state index >= 15 is 0 Å². The summed E-state index contributed by atoms with van der Waals surface area (Å²) in [5.74, 6) is 0.951. The van der Waals surface area contributed by atoms with Gasteiger partial charge in [-0.25, -0.2) is 5.01 Å². The summed E-state index contributed by atoms with van der Waals surface area (Å²) in [6.07, 6.45) is 0.0358. The highest BCUT2D eigenvalue weighted by Crippen LogP contribution is 2.41. The minimum atomic E-state index is 0.0358. The number of hydroxylamine groups is 1. The number of morpholine rings is 1. The Morgan fingerprint density at radius 1 is 1.35 bits per heavy atom. The van der Waals surface area contributed by atoms with E-state index in [-0.39, 0.29) is 11.9 Å². The lowest BCUT2D eigenvalue weighted by Crippen LogP contribution is -2.52. The molecule has 1 atom stereocenters. The molecule has 0 spiro atoms. The molecule has 0 bridgehead atoms. The molecule has 0 aliphatic carbocycles. The van der Waals surface area contributed by atoms with Crippen molar-refractivity contribution in [2.75, 3.05) is 39.9 Å². The maximum Gasteiger partial charge on any atom is 0.159 e. The van der Waals surface area contributed by atoms with Gasteiger partial charge in [-0.2, -0.15) is 0 Å². The Hall–Kier alpha value is -1.34. The molecule has 0 saturated carbocycles. The molecule has 1 aromatic carbocycles. The van der Waals surface area contributed by atoms with E-state index in [1.165, 1.54) is 0 Å². The van der Waals surface area contributed by atoms with E-state index < -0.39 is 0 Å². The van der Waals surface area contributed by atoms with E-state index in [0.29, 0.717) is 13.2 Å². The standard InChI is InChI=1S/C14H21N3O3/c1-3-15(2)14-12-5-4-11(18)10-13(12)20-17(14)16-6-8-19-9-7-16/h4-5,10,14,18H,3,6-9H2,1-2H3. The number of phenols is 1. The quantitative estimate of drug-likeness (QED) is 0.897. The summed E-state index contributed by atoms with van der Waals surface area (Å²) in [6.45, 7) is 6.08. The molecule has 2 aliphatic heterocycles. The van der Waals surface area contributed by atoms with Crippen molar-refractivity contribution in [2.45, 2.75) is 13.1 Å². The summed E-state index contributed by atoms with van der Waals surface area (Å²) in [5, 5.41) is 13.7. The van der Waals surface area contributed by atoms with E-state index in [4.69, 9.17) is 9.57 Å². The minimum Gasteiger partial charge on any atom is -0.508 e. The van der Waals surface area contributed by atoms with Crippen LogP contribution in [0, 0.1) is 0 Å². The van der Waals surface area contributed by atoms with Crippen molar-refractivity contribution in [3.05, 3.63) is 23.8 Å². The second-order valence-corrected chi connectivity index (χ2v) is 5.13. The van der Waals surface area contributed by atoms with Crippen LogP contribution in [0.3, 0.4) is 0 Å². The lowest BCUT2D eigenvalue weighted by atomic mass is 10.1. The minimum absolute atomic E-state index is 0.0358. The fourth-order valence-electron chi connectivity index (χ4n) is 2.63. The average Bonchev–Trinajstić information content (AvgIpc) is 2.85. The second-order valence-electron chi connectivity index (χ2n) is 5.13. The van der Waals surface area contributed by atoms with Gasteiger partial charge in [0.2, 0.25) is 0 Å². The van der Waals surface area contributed by atoms with E-state index in [1.807, 2.05) is 11.2 Å². The number of nitrogens with zero attached hydrogens (tertiary/aromatic N) is 3. The first kappa shape index (κ1) is 13.6. The van der Waals surface area contributed by atoms with Crippen LogP contribution < -0.4 is 4.84 Å². The predicted molar refractivity (Wildman–Crippen MR) is 74.0 cm³/mol. The molecule has 6 nitrogen and oxygen atoms in total. The molecule has 1 saturated heterocycles. The zero-order chi connectivity index (χ0) is 14.1. The first-order chi connectivity index (χ1) is 9.70. The zero-order valence-electron chi connectivity index (χ0n) is 12.0. The smallest absolute Gasteiger partial charge is 0.159 e. The molecule has 1 aromatic rings. The summed E-state index contributed by atoms with van der Waals surface area (Å²) in [6, 6.07) is 5.32. The van der Waals surface area contributed by atoms with Crippen molar-refractivity contribution in [1.29, 1.82) is 0 Å². The Balaban J connectivity index is 1.90. The van der Waals surface area contributed by atoms with Crippen molar-refractivity contribution in [1.82, 2.24) is 15.1 Å². The molecule has 1 N–H and O–H groups in total. The van der Waals surface area contributed by atoms with Crippen LogP contribution in [0.1, 0.15) is 18.7 Å². The predicted octanol–water partition coefficient (Wildman–Crippen LogP) is 1.20. The number of phenolic OH excluding ortho intramolecular Hbond substituents is 1. The molecule has 20 heavy (non-hydrogen) atoms. The van der Waals surface area contributed by atoms with Crippen molar-refractivity contribution in [2.24, 2.45) is 0 Å². The monoisotopic (exact) mass is 279 g/mol. The first-order valence-electron chi connectivity index (χ1n) is 7.03. The highest BCUT2D eigenvalue weighted by atomic mass is 16.7. The molecule has 0 aromatic heterocycles. The number of hydrazine groups is 1. The topological polar surface area (TPSA) is 48.4 Å². The number of hydrogen-bond acceptors (Lipinski definition) is 6. The van der Waals surface area contributed by atoms with Crippen LogP contribution in [0.4, 0.5) is 0 Å². The summed E-state index contributed by atoms with van der Waals surface area (Å²) in [4.78, 5) is 8.19. The van der Waals surface area contributed by atoms with Crippen LogP contribution in [-0.2, 0) is 4.74 Å². The fourth-order valence-corrected chi connectivity index (χ4v) is 2.63. The maximum atomic E-state index is 9.63. The van der Waals surface area contributed by atoms with E-state index in [9.17, 15) is 5.11 Å². The van der Waals surface area contributed by atoms with Gasteiger partial charge in [-0.15, -0.1) is 0 Å². The maximum absolute atomic E-state index is 9.63. The average molecular weight is 279 g/mol. The van der Waals surface area contributed by atoms with Crippen LogP contribution in [0.25, 0.3) is 0 Å². The summed E-state index contributed by atoms with van der Waals surface area (Å²) >= 11 is 0. The van der Waals surface area contributed by atoms with Gasteiger partial charge >= 0.3 is 0 Å². The largest absolute Gasteiger partial charge is 0.508 e. The molecule has 110 valence electrons. The van der Waals surface area contributed by atoms with E-state index in [1.54, 1.807) is 12.1 Å². The Labute approximate surface area is 119 Å². The Morgan fingerprint density at radius 2 is 2.10 bits per heavy atom. The van der Waals surface area contributed by atoms with Crippen LogP contribution in [0.2, 0.25) is 0 Å². The molecule has 1 fully saturated rings. The fraction of sp³-hybridized carbons (Fsp3) is 0.571. The lowest BCUT2D eigenvalue weighted by molar-refractivity contribution is -0.273. The second kappa shape index (κ2) is 5.57. The number of fused-ring (bicyclic) bond motifs is 1. The van der Waals surface area contributed by atoms with Crippen LogP contribution in [-0.4, -0.2) is 60.1 Å². The van der Waals surface area contributed by atoms with Gasteiger partial charge in [0.25, 0.3) is 0 Å². The summed E-state index contributed by atoms with van der Waals surface area (Å²) < 4.78 is 5.40. The third-order valence-corrected chi connectivity index (χ3v) is 3.86. The van der Waals surface area contributed by atoms with E-state index in [0.717, 1.165) is 30.9 Å². The summed E-state index contributed by atoms with van der Waals surface area (Å²) in [5.41, 5.74) is 1.08. The molecule has 3 rings (SSSR count). The molecule has 2 aliphatic rings. The van der Waals surface area contributed by atoms with Crippen molar-refractivity contribution in [3.8, 4) is 11.5 Å². The van der Waals surface area contributed by atoms with Crippen LogP contribution in [0.15, 0.2) is 18.2 Å². The van der Waals surface area contributed by atoms with Crippen LogP contribution in [0.5, 0.6) is 11.5 Å². The van der Waals surface area contributed by atoms with Gasteiger partial charge in [0.15, 0.2) is 5.75 Å². The van der Waals surface area contributed by atoms with Crippen LogP contribution >= 0.6 is 0 Å². The third-order valence-electron chi connectivity index (χ3n) is 3.86. The molecule has 1 unspecified atom stereocenters. The molecular formula is C14H21N3O3. The molecule has 0 amide bonds. The van der Waals surface area contributed by atoms with Gasteiger partial charge in [0.1, 0.15) is 11.9 Å². The van der Waals surface area contributed by atoms with E-state index in [2.05, 4.69) is 23.9 Å². The summed E-state index contributed by atoms with van der Waals surface area (Å²) in [7, 11) is 2.07. The zero-order valence-corrected chi connectivity index (χ0v) is 12.0. The number of ether oxygens (including phenoxy) is 1. The molecule has 6 heteroatoms. The number of benzene rings is 1. The van der Waals surface area contributed by atoms with Crippen molar-refractivity contribution < 1.29 is 14.7 Å². The van der Waals surface area contributed by atoms with Gasteiger partial charge < -0.3 is 14.7 Å². The van der Waals surface area contributed by atoms with Gasteiger partial charge in [0, 0.05) is 24.7 Å². The highest BCUT2D eigenvalue weighted by Gasteiger charge is 2.39. The number of hydrogen-bond donors (Lipinski definition) is 1. The molecule has 0 radical (unpaired) electrons. The van der Waals surface area contributed by atoms with Crippen molar-refractivity contribution >= 4 is 0 Å². The first-order valence-corrected chi connectivity index (χ1v) is 7.03. The lowest BCUT2D eigenvalue weighted by Gasteiger charge is -2.38. The van der Waals surface area contributed by atoms with Gasteiger partial charge in [0.05, 0.1) is 13.2 Å².